The number of carbonyl (C=O) groups excluding carboxylic acids is 1. The van der Waals surface area contributed by atoms with Crippen molar-refractivity contribution in [2.45, 2.75) is 25.1 Å². The zero-order valence-corrected chi connectivity index (χ0v) is 13.1. The maximum absolute atomic E-state index is 11.9. The predicted octanol–water partition coefficient (Wildman–Crippen LogP) is 2.81. The molecule has 2 aliphatic heterocycles. The Morgan fingerprint density at radius 2 is 2.10 bits per heavy atom. The van der Waals surface area contributed by atoms with Gasteiger partial charge in [0.2, 0.25) is 0 Å². The Morgan fingerprint density at radius 1 is 1.33 bits per heavy atom. The van der Waals surface area contributed by atoms with Gasteiger partial charge < -0.3 is 14.5 Å². The molecule has 4 nitrogen and oxygen atoms in total. The van der Waals surface area contributed by atoms with Gasteiger partial charge in [-0.3, -0.25) is 4.79 Å². The Morgan fingerprint density at radius 3 is 2.81 bits per heavy atom. The second kappa shape index (κ2) is 6.24. The van der Waals surface area contributed by atoms with E-state index in [9.17, 15) is 4.79 Å². The van der Waals surface area contributed by atoms with Crippen LogP contribution in [0.25, 0.3) is 0 Å². The van der Waals surface area contributed by atoms with Gasteiger partial charge in [0.15, 0.2) is 6.61 Å². The van der Waals surface area contributed by atoms with E-state index in [1.165, 1.54) is 12.8 Å². The molecular formula is C16H21ClN2O2. The van der Waals surface area contributed by atoms with Gasteiger partial charge in [-0.15, -0.1) is 11.6 Å². The minimum Gasteiger partial charge on any atom is -0.482 e. The molecule has 0 aromatic heterocycles. The summed E-state index contributed by atoms with van der Waals surface area (Å²) in [4.78, 5) is 16.1. The van der Waals surface area contributed by atoms with E-state index in [1.807, 2.05) is 25.1 Å². The highest BCUT2D eigenvalue weighted by Crippen LogP contribution is 2.36. The zero-order chi connectivity index (χ0) is 14.8. The van der Waals surface area contributed by atoms with Crippen molar-refractivity contribution in [1.29, 1.82) is 0 Å². The number of fused-ring (bicyclic) bond motifs is 1. The number of nitrogens with zero attached hydrogens (tertiary/aromatic N) is 2. The molecule has 1 fully saturated rings. The number of benzene rings is 1. The average Bonchev–Trinajstić information content (AvgIpc) is 2.99. The van der Waals surface area contributed by atoms with Gasteiger partial charge in [-0.1, -0.05) is 6.07 Å². The first-order valence-corrected chi connectivity index (χ1v) is 8.06. The topological polar surface area (TPSA) is 32.8 Å². The maximum atomic E-state index is 11.9. The Hall–Kier alpha value is -1.26. The van der Waals surface area contributed by atoms with Crippen LogP contribution in [0.3, 0.4) is 0 Å². The zero-order valence-electron chi connectivity index (χ0n) is 12.3. The van der Waals surface area contributed by atoms with Crippen LogP contribution in [0.4, 0.5) is 5.69 Å². The normalized spacial score (nSPS) is 20.3. The van der Waals surface area contributed by atoms with E-state index in [0.29, 0.717) is 6.54 Å². The number of likely N-dealkylation sites (tertiary alicyclic amines) is 1. The number of amides is 1. The van der Waals surface area contributed by atoms with Crippen LogP contribution < -0.4 is 9.64 Å². The summed E-state index contributed by atoms with van der Waals surface area (Å²) in [6.45, 7) is 5.88. The fourth-order valence-corrected chi connectivity index (χ4v) is 3.39. The van der Waals surface area contributed by atoms with Gasteiger partial charge in [0.05, 0.1) is 11.1 Å². The van der Waals surface area contributed by atoms with E-state index in [0.717, 1.165) is 36.6 Å². The molecule has 1 aromatic rings. The molecule has 1 amide bonds. The first-order chi connectivity index (χ1) is 10.2. The smallest absolute Gasteiger partial charge is 0.265 e. The lowest BCUT2D eigenvalue weighted by Crippen LogP contribution is -2.38. The van der Waals surface area contributed by atoms with Crippen LogP contribution in [0.5, 0.6) is 5.75 Å². The molecule has 5 heteroatoms. The number of halogens is 1. The van der Waals surface area contributed by atoms with E-state index in [2.05, 4.69) is 4.90 Å². The van der Waals surface area contributed by atoms with Gasteiger partial charge in [-0.25, -0.2) is 0 Å². The number of likely N-dealkylation sites (N-methyl/N-ethyl adjacent to an activating group) is 1. The number of anilines is 1. The summed E-state index contributed by atoms with van der Waals surface area (Å²) in [5, 5.41) is -0.0517. The minimum atomic E-state index is -0.0517. The minimum absolute atomic E-state index is 0.00724. The molecule has 0 saturated carbocycles. The molecular weight excluding hydrogens is 288 g/mol. The summed E-state index contributed by atoms with van der Waals surface area (Å²) in [6, 6.07) is 5.94. The third-order valence-corrected chi connectivity index (χ3v) is 4.61. The molecule has 0 bridgehead atoms. The molecule has 3 rings (SSSR count). The largest absolute Gasteiger partial charge is 0.482 e. The van der Waals surface area contributed by atoms with Crippen molar-refractivity contribution in [3.8, 4) is 5.75 Å². The monoisotopic (exact) mass is 308 g/mol. The van der Waals surface area contributed by atoms with Crippen LogP contribution in [0.15, 0.2) is 18.2 Å². The van der Waals surface area contributed by atoms with Gasteiger partial charge in [0.1, 0.15) is 5.75 Å². The van der Waals surface area contributed by atoms with E-state index < -0.39 is 0 Å². The van der Waals surface area contributed by atoms with E-state index in [4.69, 9.17) is 16.3 Å². The molecule has 1 saturated heterocycles. The molecule has 1 aromatic carbocycles. The predicted molar refractivity (Wildman–Crippen MR) is 84.2 cm³/mol. The molecule has 0 aliphatic carbocycles. The van der Waals surface area contributed by atoms with Crippen molar-refractivity contribution in [3.63, 3.8) is 0 Å². The first kappa shape index (κ1) is 14.7. The van der Waals surface area contributed by atoms with E-state index in [1.54, 1.807) is 4.90 Å². The summed E-state index contributed by atoms with van der Waals surface area (Å²) < 4.78 is 5.49. The Balaban J connectivity index is 1.80. The molecule has 0 N–H and O–H groups in total. The second-order valence-corrected chi connectivity index (χ2v) is 6.16. The molecule has 2 heterocycles. The van der Waals surface area contributed by atoms with Crippen LogP contribution in [0.2, 0.25) is 0 Å². The number of rotatable bonds is 4. The third-order valence-electron chi connectivity index (χ3n) is 4.22. The molecule has 2 aliphatic rings. The molecule has 1 atom stereocenters. The van der Waals surface area contributed by atoms with Crippen molar-refractivity contribution in [2.24, 2.45) is 0 Å². The lowest BCUT2D eigenvalue weighted by Gasteiger charge is -2.29. The summed E-state index contributed by atoms with van der Waals surface area (Å²) >= 11 is 6.57. The quantitative estimate of drug-likeness (QED) is 0.802. The highest BCUT2D eigenvalue weighted by atomic mass is 35.5. The van der Waals surface area contributed by atoms with Gasteiger partial charge in [0.25, 0.3) is 5.91 Å². The van der Waals surface area contributed by atoms with Gasteiger partial charge >= 0.3 is 0 Å². The number of alkyl halides is 1. The molecule has 114 valence electrons. The van der Waals surface area contributed by atoms with Crippen LogP contribution in [-0.4, -0.2) is 43.6 Å². The number of hydrogen-bond acceptors (Lipinski definition) is 3. The number of hydrogen-bond donors (Lipinski definition) is 0. The summed E-state index contributed by atoms with van der Waals surface area (Å²) in [7, 11) is 0. The molecule has 1 unspecified atom stereocenters. The summed E-state index contributed by atoms with van der Waals surface area (Å²) in [5.41, 5.74) is 1.90. The fourth-order valence-electron chi connectivity index (χ4n) is 3.06. The van der Waals surface area contributed by atoms with Crippen LogP contribution >= 0.6 is 11.6 Å². The Bertz CT molecular complexity index is 529. The lowest BCUT2D eigenvalue weighted by molar-refractivity contribution is -0.121. The van der Waals surface area contributed by atoms with Crippen molar-refractivity contribution in [3.05, 3.63) is 23.8 Å². The van der Waals surface area contributed by atoms with Crippen LogP contribution in [0.1, 0.15) is 30.7 Å². The van der Waals surface area contributed by atoms with Crippen molar-refractivity contribution < 1.29 is 9.53 Å². The number of carbonyl (C=O) groups is 1. The summed E-state index contributed by atoms with van der Waals surface area (Å²) in [6.07, 6.45) is 2.53. The van der Waals surface area contributed by atoms with E-state index >= 15 is 0 Å². The lowest BCUT2D eigenvalue weighted by atomic mass is 10.1. The van der Waals surface area contributed by atoms with Crippen molar-refractivity contribution in [2.75, 3.05) is 37.7 Å². The molecule has 0 spiro atoms. The SMILES string of the molecule is CCN1C(=O)COc2ccc(C(Cl)CN3CCCC3)cc21. The van der Waals surface area contributed by atoms with Gasteiger partial charge in [-0.05, 0) is 50.6 Å². The number of ether oxygens (including phenoxy) is 1. The first-order valence-electron chi connectivity index (χ1n) is 7.62. The van der Waals surface area contributed by atoms with Crippen molar-refractivity contribution >= 4 is 23.2 Å². The van der Waals surface area contributed by atoms with Crippen LogP contribution in [-0.2, 0) is 4.79 Å². The van der Waals surface area contributed by atoms with Gasteiger partial charge in [-0.2, -0.15) is 0 Å². The summed E-state index contributed by atoms with van der Waals surface area (Å²) in [5.74, 6) is 0.776. The molecule has 21 heavy (non-hydrogen) atoms. The fraction of sp³-hybridized carbons (Fsp3) is 0.562. The van der Waals surface area contributed by atoms with Crippen LogP contribution in [0, 0.1) is 0 Å². The maximum Gasteiger partial charge on any atom is 0.265 e. The Labute approximate surface area is 130 Å². The highest BCUT2D eigenvalue weighted by molar-refractivity contribution is 6.21. The van der Waals surface area contributed by atoms with Crippen molar-refractivity contribution in [1.82, 2.24) is 4.90 Å². The standard InChI is InChI=1S/C16H21ClN2O2/c1-2-19-14-9-12(5-6-15(14)21-11-16(19)20)13(17)10-18-7-3-4-8-18/h5-6,9,13H,2-4,7-8,10-11H2,1H3. The second-order valence-electron chi connectivity index (χ2n) is 5.63. The third kappa shape index (κ3) is 3.01. The van der Waals surface area contributed by atoms with Gasteiger partial charge in [0, 0.05) is 13.1 Å². The molecule has 0 radical (unpaired) electrons. The Kier molecular flexibility index (Phi) is 4.36. The average molecular weight is 309 g/mol. The highest BCUT2D eigenvalue weighted by Gasteiger charge is 2.26. The van der Waals surface area contributed by atoms with E-state index in [-0.39, 0.29) is 17.9 Å².